The second kappa shape index (κ2) is 8.86. The van der Waals surface area contributed by atoms with Gasteiger partial charge in [-0.05, 0) is 56.5 Å². The van der Waals surface area contributed by atoms with E-state index in [0.29, 0.717) is 17.0 Å². The van der Waals surface area contributed by atoms with Gasteiger partial charge in [-0.1, -0.05) is 24.3 Å². The molecule has 29 heavy (non-hydrogen) atoms. The fraction of sp³-hybridized carbons (Fsp3) is 0.364. The first kappa shape index (κ1) is 21.2. The quantitative estimate of drug-likeness (QED) is 0.750. The van der Waals surface area contributed by atoms with Crippen LogP contribution in [0.4, 0.5) is 9.18 Å². The zero-order valence-electron chi connectivity index (χ0n) is 16.8. The summed E-state index contributed by atoms with van der Waals surface area (Å²) >= 11 is 1.48. The van der Waals surface area contributed by atoms with Gasteiger partial charge >= 0.3 is 6.09 Å². The highest BCUT2D eigenvalue weighted by Gasteiger charge is 2.24. The number of carbonyl (C=O) groups is 2. The molecule has 0 saturated heterocycles. The summed E-state index contributed by atoms with van der Waals surface area (Å²) in [6, 6.07) is 11.8. The van der Waals surface area contributed by atoms with Gasteiger partial charge in [0.1, 0.15) is 11.4 Å². The lowest BCUT2D eigenvalue weighted by Crippen LogP contribution is -2.32. The van der Waals surface area contributed by atoms with Gasteiger partial charge < -0.3 is 15.4 Å². The molecule has 1 aliphatic rings. The fourth-order valence-corrected chi connectivity index (χ4v) is 4.18. The molecule has 1 aliphatic heterocycles. The standard InChI is InChI=1S/C22H25FN2O3S/c1-22(2,3)28-21(27)24-13-14-7-9-15(10-8-14)20(26)25-18-11-12-29-19-16(18)5-4-6-17(19)23/h4-10,18H,11-13H2,1-3H3,(H,24,27)(H,25,26)/t18-/m0/s1. The van der Waals surface area contributed by atoms with Crippen molar-refractivity contribution in [3.05, 3.63) is 65.0 Å². The van der Waals surface area contributed by atoms with E-state index in [2.05, 4.69) is 10.6 Å². The van der Waals surface area contributed by atoms with E-state index in [1.165, 1.54) is 17.8 Å². The lowest BCUT2D eigenvalue weighted by atomic mass is 10.0. The summed E-state index contributed by atoms with van der Waals surface area (Å²) in [5, 5.41) is 5.69. The molecule has 2 aromatic rings. The third kappa shape index (κ3) is 5.73. The van der Waals surface area contributed by atoms with E-state index >= 15 is 0 Å². The minimum Gasteiger partial charge on any atom is -0.444 e. The maximum atomic E-state index is 14.0. The van der Waals surface area contributed by atoms with Crippen LogP contribution < -0.4 is 10.6 Å². The smallest absolute Gasteiger partial charge is 0.407 e. The van der Waals surface area contributed by atoms with Crippen LogP contribution in [0.25, 0.3) is 0 Å². The monoisotopic (exact) mass is 416 g/mol. The van der Waals surface area contributed by atoms with Crippen molar-refractivity contribution in [1.29, 1.82) is 0 Å². The minimum atomic E-state index is -0.550. The molecule has 0 spiro atoms. The van der Waals surface area contributed by atoms with Crippen LogP contribution in [0.3, 0.4) is 0 Å². The molecule has 0 radical (unpaired) electrons. The molecular weight excluding hydrogens is 391 g/mol. The first-order valence-corrected chi connectivity index (χ1v) is 10.5. The average Bonchev–Trinajstić information content (AvgIpc) is 2.66. The van der Waals surface area contributed by atoms with Gasteiger partial charge in [-0.15, -0.1) is 11.8 Å². The van der Waals surface area contributed by atoms with Crippen molar-refractivity contribution >= 4 is 23.8 Å². The highest BCUT2D eigenvalue weighted by molar-refractivity contribution is 7.99. The van der Waals surface area contributed by atoms with Gasteiger partial charge in [0.15, 0.2) is 0 Å². The molecular formula is C22H25FN2O3S. The molecule has 0 unspecified atom stereocenters. The van der Waals surface area contributed by atoms with Gasteiger partial charge in [0, 0.05) is 22.8 Å². The van der Waals surface area contributed by atoms with Crippen molar-refractivity contribution in [2.24, 2.45) is 0 Å². The molecule has 0 fully saturated rings. The average molecular weight is 417 g/mol. The van der Waals surface area contributed by atoms with Gasteiger partial charge in [0.05, 0.1) is 6.04 Å². The molecule has 2 N–H and O–H groups in total. The molecule has 0 aromatic heterocycles. The van der Waals surface area contributed by atoms with Gasteiger partial charge in [0.2, 0.25) is 0 Å². The van der Waals surface area contributed by atoms with Crippen LogP contribution in [-0.2, 0) is 11.3 Å². The molecule has 0 saturated carbocycles. The molecule has 7 heteroatoms. The lowest BCUT2D eigenvalue weighted by Gasteiger charge is -2.26. The summed E-state index contributed by atoms with van der Waals surface area (Å²) < 4.78 is 19.2. The normalized spacial score (nSPS) is 15.9. The SMILES string of the molecule is CC(C)(C)OC(=O)NCc1ccc(C(=O)N[C@H]2CCSc3c(F)cccc32)cc1. The Balaban J connectivity index is 1.59. The third-order valence-electron chi connectivity index (χ3n) is 4.38. The maximum absolute atomic E-state index is 14.0. The Labute approximate surface area is 174 Å². The van der Waals surface area contributed by atoms with E-state index in [1.54, 1.807) is 51.1 Å². The van der Waals surface area contributed by atoms with Crippen LogP contribution in [0.5, 0.6) is 0 Å². The Morgan fingerprint density at radius 2 is 1.90 bits per heavy atom. The zero-order valence-corrected chi connectivity index (χ0v) is 17.6. The van der Waals surface area contributed by atoms with E-state index in [1.807, 2.05) is 6.07 Å². The van der Waals surface area contributed by atoms with Gasteiger partial charge in [0.25, 0.3) is 5.91 Å². The fourth-order valence-electron chi connectivity index (χ4n) is 3.04. The summed E-state index contributed by atoms with van der Waals surface area (Å²) in [5.74, 6) is 0.311. The van der Waals surface area contributed by atoms with Crippen molar-refractivity contribution in [2.45, 2.75) is 50.3 Å². The predicted octanol–water partition coefficient (Wildman–Crippen LogP) is 4.82. The molecule has 1 atom stereocenters. The Bertz CT molecular complexity index is 894. The molecule has 154 valence electrons. The van der Waals surface area contributed by atoms with Crippen molar-refractivity contribution < 1.29 is 18.7 Å². The molecule has 2 amide bonds. The Morgan fingerprint density at radius 1 is 1.17 bits per heavy atom. The summed E-state index contributed by atoms with van der Waals surface area (Å²) in [4.78, 5) is 25.0. The lowest BCUT2D eigenvalue weighted by molar-refractivity contribution is 0.0523. The number of benzene rings is 2. The van der Waals surface area contributed by atoms with E-state index < -0.39 is 11.7 Å². The van der Waals surface area contributed by atoms with Crippen molar-refractivity contribution in [1.82, 2.24) is 10.6 Å². The predicted molar refractivity (Wildman–Crippen MR) is 111 cm³/mol. The van der Waals surface area contributed by atoms with Crippen molar-refractivity contribution in [3.8, 4) is 0 Å². The Hall–Kier alpha value is -2.54. The van der Waals surface area contributed by atoms with E-state index in [4.69, 9.17) is 4.74 Å². The number of alkyl carbamates (subject to hydrolysis) is 1. The maximum Gasteiger partial charge on any atom is 0.407 e. The molecule has 0 aliphatic carbocycles. The first-order chi connectivity index (χ1) is 13.7. The summed E-state index contributed by atoms with van der Waals surface area (Å²) in [7, 11) is 0. The number of rotatable bonds is 4. The number of hydrogen-bond acceptors (Lipinski definition) is 4. The van der Waals surface area contributed by atoms with E-state index in [0.717, 1.165) is 23.3 Å². The third-order valence-corrected chi connectivity index (χ3v) is 5.54. The van der Waals surface area contributed by atoms with Crippen LogP contribution in [0, 0.1) is 5.82 Å². The van der Waals surface area contributed by atoms with Gasteiger partial charge in [-0.25, -0.2) is 9.18 Å². The number of halogens is 1. The number of nitrogens with one attached hydrogen (secondary N) is 2. The van der Waals surface area contributed by atoms with Crippen molar-refractivity contribution in [3.63, 3.8) is 0 Å². The highest BCUT2D eigenvalue weighted by atomic mass is 32.2. The largest absolute Gasteiger partial charge is 0.444 e. The van der Waals surface area contributed by atoms with Gasteiger partial charge in [-0.3, -0.25) is 4.79 Å². The summed E-state index contributed by atoms with van der Waals surface area (Å²) in [5.41, 5.74) is 1.65. The molecule has 5 nitrogen and oxygen atoms in total. The minimum absolute atomic E-state index is 0.205. The van der Waals surface area contributed by atoms with Crippen LogP contribution in [0.15, 0.2) is 47.4 Å². The second-order valence-corrected chi connectivity index (χ2v) is 8.98. The molecule has 0 bridgehead atoms. The van der Waals surface area contributed by atoms with Crippen molar-refractivity contribution in [2.75, 3.05) is 5.75 Å². The molecule has 2 aromatic carbocycles. The summed E-state index contributed by atoms with van der Waals surface area (Å²) in [6.45, 7) is 5.72. The van der Waals surface area contributed by atoms with E-state index in [-0.39, 0.29) is 17.8 Å². The molecule has 3 rings (SSSR count). The Kier molecular flexibility index (Phi) is 6.47. The molecule has 1 heterocycles. The van der Waals surface area contributed by atoms with Gasteiger partial charge in [-0.2, -0.15) is 0 Å². The zero-order chi connectivity index (χ0) is 21.0. The number of thioether (sulfide) groups is 1. The van der Waals surface area contributed by atoms with Crippen LogP contribution in [-0.4, -0.2) is 23.4 Å². The number of hydrogen-bond donors (Lipinski definition) is 2. The second-order valence-electron chi connectivity index (χ2n) is 7.87. The number of carbonyl (C=O) groups excluding carboxylic acids is 2. The number of amides is 2. The van der Waals surface area contributed by atoms with Crippen LogP contribution in [0.2, 0.25) is 0 Å². The number of ether oxygens (including phenoxy) is 1. The van der Waals surface area contributed by atoms with E-state index in [9.17, 15) is 14.0 Å². The highest BCUT2D eigenvalue weighted by Crippen LogP contribution is 2.37. The Morgan fingerprint density at radius 3 is 2.59 bits per heavy atom. The van der Waals surface area contributed by atoms with Crippen LogP contribution >= 0.6 is 11.8 Å². The summed E-state index contributed by atoms with van der Waals surface area (Å²) in [6.07, 6.45) is 0.269. The number of fused-ring (bicyclic) bond motifs is 1. The topological polar surface area (TPSA) is 67.4 Å². The first-order valence-electron chi connectivity index (χ1n) is 9.51. The van der Waals surface area contributed by atoms with Crippen LogP contribution in [0.1, 0.15) is 54.7 Å².